The molecule has 2 N–H and O–H groups in total. The fourth-order valence-electron chi connectivity index (χ4n) is 1.86. The van der Waals surface area contributed by atoms with E-state index < -0.39 is 11.9 Å². The Hall–Kier alpha value is -2.21. The number of hydrogen-bond acceptors (Lipinski definition) is 3. The van der Waals surface area contributed by atoms with Crippen LogP contribution in [0.25, 0.3) is 0 Å². The highest BCUT2D eigenvalue weighted by Crippen LogP contribution is 2.17. The van der Waals surface area contributed by atoms with Crippen molar-refractivity contribution >= 4 is 27.8 Å². The minimum atomic E-state index is -1.18. The highest BCUT2D eigenvalue weighted by atomic mass is 79.9. The lowest BCUT2D eigenvalue weighted by atomic mass is 10.1. The van der Waals surface area contributed by atoms with Crippen LogP contribution in [0.5, 0.6) is 0 Å². The molecule has 0 aliphatic rings. The van der Waals surface area contributed by atoms with Crippen molar-refractivity contribution in [3.8, 4) is 0 Å². The van der Waals surface area contributed by atoms with Crippen LogP contribution in [0, 0.1) is 0 Å². The van der Waals surface area contributed by atoms with Gasteiger partial charge in [-0.1, -0.05) is 28.1 Å². The monoisotopic (exact) mass is 348 g/mol. The van der Waals surface area contributed by atoms with Crippen LogP contribution in [0.2, 0.25) is 0 Å². The molecule has 108 valence electrons. The van der Waals surface area contributed by atoms with E-state index in [1.54, 1.807) is 0 Å². The zero-order valence-electron chi connectivity index (χ0n) is 11.2. The van der Waals surface area contributed by atoms with Crippen molar-refractivity contribution in [1.29, 1.82) is 0 Å². The molecule has 0 fully saturated rings. The van der Waals surface area contributed by atoms with Crippen LogP contribution in [-0.4, -0.2) is 22.0 Å². The van der Waals surface area contributed by atoms with Crippen LogP contribution < -0.4 is 5.32 Å². The van der Waals surface area contributed by atoms with Crippen LogP contribution in [0.3, 0.4) is 0 Å². The van der Waals surface area contributed by atoms with Crippen molar-refractivity contribution in [2.24, 2.45) is 0 Å². The molecule has 2 rings (SSSR count). The third-order valence-corrected chi connectivity index (χ3v) is 3.50. The molecule has 2 aromatic rings. The number of halogens is 1. The molecule has 0 saturated heterocycles. The van der Waals surface area contributed by atoms with E-state index in [1.165, 1.54) is 18.3 Å². The summed E-state index contributed by atoms with van der Waals surface area (Å²) in [6.45, 7) is 1.82. The molecule has 1 heterocycles. The molecule has 21 heavy (non-hydrogen) atoms. The standard InChI is InChI=1S/C15H13BrN2O3/c1-9(10-4-6-11(16)7-5-10)18-14(19)13-12(15(20)21)3-2-8-17-13/h2-9H,1H3,(H,18,19)(H,20,21)/t9-/m1/s1. The third-order valence-electron chi connectivity index (χ3n) is 2.97. The van der Waals surface area contributed by atoms with Gasteiger partial charge in [-0.3, -0.25) is 9.78 Å². The van der Waals surface area contributed by atoms with E-state index in [2.05, 4.69) is 26.2 Å². The van der Waals surface area contributed by atoms with Crippen molar-refractivity contribution < 1.29 is 14.7 Å². The van der Waals surface area contributed by atoms with Crippen LogP contribution in [0.15, 0.2) is 47.1 Å². The molecular formula is C15H13BrN2O3. The molecule has 6 heteroatoms. The van der Waals surface area contributed by atoms with Gasteiger partial charge in [0.1, 0.15) is 5.69 Å². The predicted molar refractivity (Wildman–Crippen MR) is 81.2 cm³/mol. The first-order valence-corrected chi connectivity index (χ1v) is 7.03. The van der Waals surface area contributed by atoms with Gasteiger partial charge in [0.05, 0.1) is 11.6 Å². The van der Waals surface area contributed by atoms with Crippen LogP contribution in [0.4, 0.5) is 0 Å². The summed E-state index contributed by atoms with van der Waals surface area (Å²) >= 11 is 3.34. The van der Waals surface area contributed by atoms with Gasteiger partial charge >= 0.3 is 5.97 Å². The van der Waals surface area contributed by atoms with Gasteiger partial charge in [0.25, 0.3) is 5.91 Å². The second kappa shape index (κ2) is 6.49. The number of carboxylic acid groups (broad SMARTS) is 1. The highest BCUT2D eigenvalue weighted by Gasteiger charge is 2.19. The molecule has 5 nitrogen and oxygen atoms in total. The first-order valence-electron chi connectivity index (χ1n) is 6.23. The van der Waals surface area contributed by atoms with E-state index in [4.69, 9.17) is 5.11 Å². The minimum Gasteiger partial charge on any atom is -0.478 e. The lowest BCUT2D eigenvalue weighted by Crippen LogP contribution is -2.29. The number of carbonyl (C=O) groups is 2. The van der Waals surface area contributed by atoms with Crippen molar-refractivity contribution in [3.63, 3.8) is 0 Å². The summed E-state index contributed by atoms with van der Waals surface area (Å²) in [6.07, 6.45) is 1.39. The minimum absolute atomic E-state index is 0.0889. The number of carbonyl (C=O) groups excluding carboxylic acids is 1. The zero-order valence-corrected chi connectivity index (χ0v) is 12.8. The van der Waals surface area contributed by atoms with Gasteiger partial charge in [0, 0.05) is 10.7 Å². The number of hydrogen-bond donors (Lipinski definition) is 2. The number of nitrogens with zero attached hydrogens (tertiary/aromatic N) is 1. The molecular weight excluding hydrogens is 336 g/mol. The Kier molecular flexibility index (Phi) is 4.70. The van der Waals surface area contributed by atoms with Crippen LogP contribution in [-0.2, 0) is 0 Å². The largest absolute Gasteiger partial charge is 0.478 e. The first-order chi connectivity index (χ1) is 9.99. The van der Waals surface area contributed by atoms with Gasteiger partial charge in [0.2, 0.25) is 0 Å². The first kappa shape index (κ1) is 15.2. The Morgan fingerprint density at radius 3 is 2.52 bits per heavy atom. The van der Waals surface area contributed by atoms with Crippen molar-refractivity contribution in [2.45, 2.75) is 13.0 Å². The van der Waals surface area contributed by atoms with E-state index in [-0.39, 0.29) is 17.3 Å². The Balaban J connectivity index is 2.18. The van der Waals surface area contributed by atoms with Gasteiger partial charge in [-0.25, -0.2) is 4.79 Å². The summed E-state index contributed by atoms with van der Waals surface area (Å²) in [5.41, 5.74) is 0.714. The third kappa shape index (κ3) is 3.66. The van der Waals surface area contributed by atoms with Gasteiger partial charge in [-0.05, 0) is 36.8 Å². The highest BCUT2D eigenvalue weighted by molar-refractivity contribution is 9.10. The second-order valence-corrected chi connectivity index (χ2v) is 5.37. The van der Waals surface area contributed by atoms with Gasteiger partial charge in [-0.2, -0.15) is 0 Å². The van der Waals surface area contributed by atoms with E-state index >= 15 is 0 Å². The second-order valence-electron chi connectivity index (χ2n) is 4.45. The zero-order chi connectivity index (χ0) is 15.4. The summed E-state index contributed by atoms with van der Waals surface area (Å²) in [7, 11) is 0. The summed E-state index contributed by atoms with van der Waals surface area (Å²) in [5.74, 6) is -1.69. The number of nitrogens with one attached hydrogen (secondary N) is 1. The van der Waals surface area contributed by atoms with Gasteiger partial charge in [-0.15, -0.1) is 0 Å². The number of rotatable bonds is 4. The van der Waals surface area contributed by atoms with E-state index in [9.17, 15) is 9.59 Å². The normalized spacial score (nSPS) is 11.7. The Bertz CT molecular complexity index is 671. The van der Waals surface area contributed by atoms with Crippen LogP contribution in [0.1, 0.15) is 39.4 Å². The fraction of sp³-hybridized carbons (Fsp3) is 0.133. The molecule has 1 amide bonds. The number of aromatic nitrogens is 1. The van der Waals surface area contributed by atoms with Crippen molar-refractivity contribution in [2.75, 3.05) is 0 Å². The number of benzene rings is 1. The quantitative estimate of drug-likeness (QED) is 0.889. The Morgan fingerprint density at radius 2 is 1.90 bits per heavy atom. The lowest BCUT2D eigenvalue weighted by Gasteiger charge is -2.14. The number of aromatic carboxylic acids is 1. The average molecular weight is 349 g/mol. The van der Waals surface area contributed by atoms with Crippen LogP contribution >= 0.6 is 15.9 Å². The molecule has 1 aromatic heterocycles. The molecule has 0 saturated carbocycles. The molecule has 1 aromatic carbocycles. The Labute approximate surface area is 130 Å². The summed E-state index contributed by atoms with van der Waals surface area (Å²) in [5, 5.41) is 11.8. The van der Waals surface area contributed by atoms with Crippen molar-refractivity contribution in [3.05, 3.63) is 63.9 Å². The summed E-state index contributed by atoms with van der Waals surface area (Å²) in [4.78, 5) is 27.1. The topological polar surface area (TPSA) is 79.3 Å². The molecule has 0 unspecified atom stereocenters. The number of pyridine rings is 1. The summed E-state index contributed by atoms with van der Waals surface area (Å²) in [6, 6.07) is 10.1. The summed E-state index contributed by atoms with van der Waals surface area (Å²) < 4.78 is 0.947. The average Bonchev–Trinajstić information content (AvgIpc) is 2.47. The van der Waals surface area contributed by atoms with E-state index in [0.29, 0.717) is 0 Å². The van der Waals surface area contributed by atoms with E-state index in [1.807, 2.05) is 31.2 Å². The molecule has 0 aliphatic heterocycles. The molecule has 0 radical (unpaired) electrons. The van der Waals surface area contributed by atoms with Gasteiger partial charge in [0.15, 0.2) is 0 Å². The molecule has 0 aliphatic carbocycles. The van der Waals surface area contributed by atoms with Gasteiger partial charge < -0.3 is 10.4 Å². The maximum Gasteiger partial charge on any atom is 0.338 e. The number of amides is 1. The maximum atomic E-state index is 12.2. The Morgan fingerprint density at radius 1 is 1.24 bits per heavy atom. The van der Waals surface area contributed by atoms with Crippen molar-refractivity contribution in [1.82, 2.24) is 10.3 Å². The smallest absolute Gasteiger partial charge is 0.338 e. The number of carboxylic acids is 1. The molecule has 0 spiro atoms. The molecule has 0 bridgehead atoms. The molecule has 1 atom stereocenters. The van der Waals surface area contributed by atoms with E-state index in [0.717, 1.165) is 10.0 Å². The predicted octanol–water partition coefficient (Wildman–Crippen LogP) is 3.03. The fourth-order valence-corrected chi connectivity index (χ4v) is 2.12. The maximum absolute atomic E-state index is 12.2. The SMILES string of the molecule is C[C@@H](NC(=O)c1ncccc1C(=O)O)c1ccc(Br)cc1. The lowest BCUT2D eigenvalue weighted by molar-refractivity contribution is 0.0689.